The monoisotopic (exact) mass is 470 g/mol. The first-order valence-electron chi connectivity index (χ1n) is 12.2. The van der Waals surface area contributed by atoms with E-state index in [-0.39, 0.29) is 17.8 Å². The molecule has 0 spiro atoms. The Balaban J connectivity index is 1.97. The maximum absolute atomic E-state index is 13.2. The van der Waals surface area contributed by atoms with Gasteiger partial charge in [-0.1, -0.05) is 71.0 Å². The van der Waals surface area contributed by atoms with E-state index in [0.717, 1.165) is 23.7 Å². The number of rotatable bonds is 11. The molecule has 0 bridgehead atoms. The summed E-state index contributed by atoms with van der Waals surface area (Å²) in [4.78, 5) is 20.1. The average molecular weight is 471 g/mol. The minimum atomic E-state index is -1.89. The molecule has 0 radical (unpaired) electrons. The summed E-state index contributed by atoms with van der Waals surface area (Å²) in [5, 5.41) is 0. The maximum atomic E-state index is 13.2. The molecule has 1 atom stereocenters. The highest BCUT2D eigenvalue weighted by Gasteiger charge is 2.37. The predicted octanol–water partition coefficient (Wildman–Crippen LogP) is 6.13. The molecule has 1 aliphatic heterocycles. The lowest BCUT2D eigenvalue weighted by Gasteiger charge is -2.33. The van der Waals surface area contributed by atoms with E-state index < -0.39 is 8.32 Å². The lowest BCUT2D eigenvalue weighted by Crippen LogP contribution is -2.38. The normalized spacial score (nSPS) is 16.0. The second-order valence-electron chi connectivity index (χ2n) is 8.94. The molecule has 0 aliphatic carbocycles. The number of morpholine rings is 1. The smallest absolute Gasteiger partial charge is 0.228 e. The average Bonchev–Trinajstić information content (AvgIpc) is 3.30. The minimum absolute atomic E-state index is 0.164. The summed E-state index contributed by atoms with van der Waals surface area (Å²) in [5.41, 5.74) is 1.32. The Morgan fingerprint density at radius 3 is 2.33 bits per heavy atom. The van der Waals surface area contributed by atoms with Crippen molar-refractivity contribution in [2.24, 2.45) is 5.92 Å². The fourth-order valence-electron chi connectivity index (χ4n) is 4.15. The molecule has 33 heavy (non-hydrogen) atoms. The quantitative estimate of drug-likeness (QED) is 0.224. The molecular weight excluding hydrogens is 432 g/mol. The van der Waals surface area contributed by atoms with Crippen LogP contribution in [0.2, 0.25) is 18.1 Å². The van der Waals surface area contributed by atoms with Gasteiger partial charge in [0.15, 0.2) is 14.0 Å². The van der Waals surface area contributed by atoms with Crippen LogP contribution < -0.4 is 4.90 Å². The zero-order chi connectivity index (χ0) is 23.8. The van der Waals surface area contributed by atoms with E-state index in [9.17, 15) is 4.79 Å². The van der Waals surface area contributed by atoms with Crippen LogP contribution in [-0.4, -0.2) is 45.4 Å². The Kier molecular flexibility index (Phi) is 9.06. The number of hydrogen-bond acceptors (Lipinski definition) is 6. The van der Waals surface area contributed by atoms with E-state index in [1.165, 1.54) is 0 Å². The number of carbonyl (C=O) groups excluding carboxylic acids is 1. The molecule has 1 unspecified atom stereocenters. The Labute approximate surface area is 199 Å². The molecule has 180 valence electrons. The second kappa shape index (κ2) is 11.8. The number of oxazole rings is 1. The fourth-order valence-corrected chi connectivity index (χ4v) is 7.06. The zero-order valence-corrected chi connectivity index (χ0v) is 21.7. The highest BCUT2D eigenvalue weighted by Crippen LogP contribution is 2.36. The van der Waals surface area contributed by atoms with Crippen LogP contribution in [0.1, 0.15) is 62.7 Å². The Morgan fingerprint density at radius 2 is 1.76 bits per heavy atom. The summed E-state index contributed by atoms with van der Waals surface area (Å²) in [5.74, 6) is 1.06. The number of anilines is 1. The SMILES string of the molecule is CC[Si](CC)(CC)OC(c1nc(C(=O)/C=C/c2ccccc2)c(N2CCOCC2)o1)C(C)C. The molecule has 1 aromatic carbocycles. The second-order valence-corrected chi connectivity index (χ2v) is 13.7. The van der Waals surface area contributed by atoms with Gasteiger partial charge in [0.1, 0.15) is 6.10 Å². The molecule has 1 aliphatic rings. The number of hydrogen-bond donors (Lipinski definition) is 0. The molecule has 1 fully saturated rings. The lowest BCUT2D eigenvalue weighted by molar-refractivity contribution is 0.104. The first-order chi connectivity index (χ1) is 15.9. The van der Waals surface area contributed by atoms with Gasteiger partial charge in [-0.2, -0.15) is 0 Å². The van der Waals surface area contributed by atoms with E-state index in [1.54, 1.807) is 6.08 Å². The number of aromatic nitrogens is 1. The number of benzene rings is 1. The van der Waals surface area contributed by atoms with E-state index in [1.807, 2.05) is 36.4 Å². The lowest BCUT2D eigenvalue weighted by atomic mass is 10.1. The molecule has 3 rings (SSSR count). The van der Waals surface area contributed by atoms with Gasteiger partial charge in [0.05, 0.1) is 13.2 Å². The standard InChI is InChI=1S/C26H38N2O4Si/c1-6-33(7-2,8-3)32-24(20(4)5)25-27-23(26(31-25)28-16-18-30-19-17-28)22(29)15-14-21-12-10-9-11-13-21/h9-15,20,24H,6-8,16-19H2,1-5H3/b15-14+. The van der Waals surface area contributed by atoms with Crippen LogP contribution in [0.4, 0.5) is 5.88 Å². The van der Waals surface area contributed by atoms with Gasteiger partial charge in [0, 0.05) is 13.1 Å². The van der Waals surface area contributed by atoms with E-state index in [2.05, 4.69) is 39.5 Å². The molecular formula is C26H38N2O4Si. The molecule has 6 nitrogen and oxygen atoms in total. The van der Waals surface area contributed by atoms with E-state index >= 15 is 0 Å². The third-order valence-corrected chi connectivity index (χ3v) is 11.2. The molecule has 2 aromatic rings. The van der Waals surface area contributed by atoms with Crippen molar-refractivity contribution in [1.29, 1.82) is 0 Å². The van der Waals surface area contributed by atoms with Gasteiger partial charge in [-0.3, -0.25) is 4.79 Å². The van der Waals surface area contributed by atoms with Crippen molar-refractivity contribution in [3.05, 3.63) is 53.6 Å². The topological polar surface area (TPSA) is 64.8 Å². The summed E-state index contributed by atoms with van der Waals surface area (Å²) in [6.45, 7) is 13.4. The summed E-state index contributed by atoms with van der Waals surface area (Å²) < 4.78 is 18.6. The third-order valence-electron chi connectivity index (χ3n) is 6.54. The molecule has 0 saturated carbocycles. The van der Waals surface area contributed by atoms with Crippen LogP contribution in [0.15, 0.2) is 40.8 Å². The van der Waals surface area contributed by atoms with Crippen LogP contribution in [0.3, 0.4) is 0 Å². The largest absolute Gasteiger partial charge is 0.421 e. The first-order valence-corrected chi connectivity index (χ1v) is 14.7. The minimum Gasteiger partial charge on any atom is -0.421 e. The van der Waals surface area contributed by atoms with Gasteiger partial charge in [-0.25, -0.2) is 4.98 Å². The third kappa shape index (κ3) is 6.22. The van der Waals surface area contributed by atoms with Crippen LogP contribution in [0.25, 0.3) is 6.08 Å². The summed E-state index contributed by atoms with van der Waals surface area (Å²) in [7, 11) is -1.89. The Bertz CT molecular complexity index is 907. The van der Waals surface area contributed by atoms with E-state index in [0.29, 0.717) is 43.8 Å². The zero-order valence-electron chi connectivity index (χ0n) is 20.7. The Morgan fingerprint density at radius 1 is 1.12 bits per heavy atom. The van der Waals surface area contributed by atoms with E-state index in [4.69, 9.17) is 18.6 Å². The predicted molar refractivity (Wildman–Crippen MR) is 135 cm³/mol. The number of allylic oxidation sites excluding steroid dienone is 1. The van der Waals surface area contributed by atoms with Gasteiger partial charge in [0.2, 0.25) is 17.6 Å². The van der Waals surface area contributed by atoms with Gasteiger partial charge in [-0.15, -0.1) is 0 Å². The van der Waals surface area contributed by atoms with Gasteiger partial charge >= 0.3 is 0 Å². The Hall–Kier alpha value is -2.22. The van der Waals surface area contributed by atoms with Crippen molar-refractivity contribution >= 4 is 26.1 Å². The van der Waals surface area contributed by atoms with Crippen molar-refractivity contribution in [2.45, 2.75) is 58.9 Å². The summed E-state index contributed by atoms with van der Waals surface area (Å²) in [6.07, 6.45) is 3.13. The molecule has 0 N–H and O–H groups in total. The summed E-state index contributed by atoms with van der Waals surface area (Å²) in [6, 6.07) is 12.9. The van der Waals surface area contributed by atoms with Gasteiger partial charge in [0.25, 0.3) is 0 Å². The van der Waals surface area contributed by atoms with Crippen LogP contribution in [0.5, 0.6) is 0 Å². The molecule has 2 heterocycles. The number of ketones is 1. The van der Waals surface area contributed by atoms with Crippen molar-refractivity contribution in [1.82, 2.24) is 4.98 Å². The number of ether oxygens (including phenoxy) is 1. The fraction of sp³-hybridized carbons (Fsp3) is 0.538. The first kappa shape index (κ1) is 25.4. The molecule has 1 saturated heterocycles. The number of nitrogens with zero attached hydrogens (tertiary/aromatic N) is 2. The van der Waals surface area contributed by atoms with Crippen molar-refractivity contribution in [2.75, 3.05) is 31.2 Å². The van der Waals surface area contributed by atoms with Gasteiger partial charge < -0.3 is 18.5 Å². The van der Waals surface area contributed by atoms with Crippen molar-refractivity contribution in [3.63, 3.8) is 0 Å². The highest BCUT2D eigenvalue weighted by atomic mass is 28.4. The van der Waals surface area contributed by atoms with Crippen molar-refractivity contribution < 1.29 is 18.4 Å². The van der Waals surface area contributed by atoms with Crippen molar-refractivity contribution in [3.8, 4) is 0 Å². The molecule has 1 aromatic heterocycles. The molecule has 0 amide bonds. The number of carbonyl (C=O) groups is 1. The highest BCUT2D eigenvalue weighted by molar-refractivity contribution is 6.73. The van der Waals surface area contributed by atoms with Crippen LogP contribution in [-0.2, 0) is 9.16 Å². The van der Waals surface area contributed by atoms with Crippen LogP contribution >= 0.6 is 0 Å². The summed E-state index contributed by atoms with van der Waals surface area (Å²) >= 11 is 0. The van der Waals surface area contributed by atoms with Gasteiger partial charge in [-0.05, 0) is 35.7 Å². The maximum Gasteiger partial charge on any atom is 0.228 e. The molecule has 7 heteroatoms. The van der Waals surface area contributed by atoms with Crippen LogP contribution in [0, 0.1) is 5.92 Å².